The number of halogens is 1. The summed E-state index contributed by atoms with van der Waals surface area (Å²) in [5.74, 6) is -0.289. The number of nitrogens with zero attached hydrogens (tertiary/aromatic N) is 1. The van der Waals surface area contributed by atoms with Crippen molar-refractivity contribution in [2.75, 3.05) is 13.1 Å². The molecular formula is C12H15FN2O2. The van der Waals surface area contributed by atoms with Crippen LogP contribution in [0.4, 0.5) is 9.18 Å². The zero-order chi connectivity index (χ0) is 12.3. The van der Waals surface area contributed by atoms with Gasteiger partial charge in [-0.25, -0.2) is 9.18 Å². The molecular weight excluding hydrogens is 223 g/mol. The second-order valence-electron chi connectivity index (χ2n) is 4.17. The number of aliphatic hydroxyl groups is 1. The van der Waals surface area contributed by atoms with Crippen molar-refractivity contribution in [3.8, 4) is 0 Å². The minimum Gasteiger partial charge on any atom is -0.391 e. The molecule has 0 aromatic heterocycles. The predicted molar refractivity (Wildman–Crippen MR) is 60.8 cm³/mol. The lowest BCUT2D eigenvalue weighted by Crippen LogP contribution is -2.38. The Morgan fingerprint density at radius 3 is 2.76 bits per heavy atom. The number of likely N-dealkylation sites (tertiary alicyclic amines) is 1. The average molecular weight is 238 g/mol. The molecule has 1 saturated heterocycles. The van der Waals surface area contributed by atoms with Gasteiger partial charge in [-0.2, -0.15) is 0 Å². The van der Waals surface area contributed by atoms with Crippen molar-refractivity contribution < 1.29 is 14.3 Å². The van der Waals surface area contributed by atoms with E-state index in [1.54, 1.807) is 17.0 Å². The molecule has 0 saturated carbocycles. The van der Waals surface area contributed by atoms with Crippen LogP contribution in [-0.2, 0) is 6.54 Å². The number of β-amino-alcohol motifs (C(OH)–C–C–N with tert-alkyl or cyclic N) is 1. The fraction of sp³-hybridized carbons (Fsp3) is 0.417. The smallest absolute Gasteiger partial charge is 0.317 e. The van der Waals surface area contributed by atoms with Crippen LogP contribution in [0.3, 0.4) is 0 Å². The van der Waals surface area contributed by atoms with Crippen LogP contribution in [-0.4, -0.2) is 35.2 Å². The van der Waals surface area contributed by atoms with Crippen LogP contribution in [0.2, 0.25) is 0 Å². The van der Waals surface area contributed by atoms with Crippen molar-refractivity contribution in [3.63, 3.8) is 0 Å². The number of rotatable bonds is 2. The molecule has 1 aliphatic heterocycles. The number of amides is 2. The van der Waals surface area contributed by atoms with Crippen molar-refractivity contribution in [2.45, 2.75) is 19.1 Å². The first kappa shape index (κ1) is 11.9. The summed E-state index contributed by atoms with van der Waals surface area (Å²) in [6.07, 6.45) is 0.218. The number of carbonyl (C=O) groups excluding carboxylic acids is 1. The normalized spacial score (nSPS) is 19.4. The summed E-state index contributed by atoms with van der Waals surface area (Å²) in [5.41, 5.74) is 0.847. The van der Waals surface area contributed by atoms with Crippen LogP contribution in [0.5, 0.6) is 0 Å². The standard InChI is InChI=1S/C12H15FN2O2/c13-10-3-1-9(2-4-10)7-14-12(17)15-6-5-11(16)8-15/h1-4,11,16H,5-8H2,(H,14,17). The molecule has 2 amide bonds. The number of nitrogens with one attached hydrogen (secondary N) is 1. The van der Waals surface area contributed by atoms with Crippen LogP contribution in [0.25, 0.3) is 0 Å². The SMILES string of the molecule is O=C(NCc1ccc(F)cc1)N1CCC(O)C1. The highest BCUT2D eigenvalue weighted by molar-refractivity contribution is 5.74. The molecule has 1 atom stereocenters. The van der Waals surface area contributed by atoms with Crippen molar-refractivity contribution >= 4 is 6.03 Å². The number of carbonyl (C=O) groups is 1. The Kier molecular flexibility index (Phi) is 3.58. The first-order chi connectivity index (χ1) is 8.15. The quantitative estimate of drug-likeness (QED) is 0.810. The third kappa shape index (κ3) is 3.17. The van der Waals surface area contributed by atoms with Crippen LogP contribution in [0, 0.1) is 5.82 Å². The summed E-state index contributed by atoms with van der Waals surface area (Å²) < 4.78 is 12.7. The highest BCUT2D eigenvalue weighted by Crippen LogP contribution is 2.09. The molecule has 0 bridgehead atoms. The molecule has 2 rings (SSSR count). The van der Waals surface area contributed by atoms with E-state index in [4.69, 9.17) is 0 Å². The van der Waals surface area contributed by atoms with Crippen molar-refractivity contribution in [1.82, 2.24) is 10.2 Å². The van der Waals surface area contributed by atoms with Crippen molar-refractivity contribution in [1.29, 1.82) is 0 Å². The number of hydrogen-bond donors (Lipinski definition) is 2. The highest BCUT2D eigenvalue weighted by Gasteiger charge is 2.23. The minimum atomic E-state index is -0.411. The molecule has 1 aromatic rings. The topological polar surface area (TPSA) is 52.6 Å². The van der Waals surface area contributed by atoms with Gasteiger partial charge in [0.05, 0.1) is 6.10 Å². The maximum absolute atomic E-state index is 12.7. The zero-order valence-corrected chi connectivity index (χ0v) is 9.40. The van der Waals surface area contributed by atoms with Gasteiger partial charge in [0.1, 0.15) is 5.82 Å². The molecule has 92 valence electrons. The van der Waals surface area contributed by atoms with Gasteiger partial charge in [0.25, 0.3) is 0 Å². The molecule has 5 heteroatoms. The van der Waals surface area contributed by atoms with Gasteiger partial charge in [0.15, 0.2) is 0 Å². The van der Waals surface area contributed by atoms with Crippen molar-refractivity contribution in [2.24, 2.45) is 0 Å². The first-order valence-electron chi connectivity index (χ1n) is 5.60. The van der Waals surface area contributed by atoms with E-state index in [2.05, 4.69) is 5.32 Å². The number of urea groups is 1. The lowest BCUT2D eigenvalue weighted by molar-refractivity contribution is 0.172. The molecule has 1 aromatic carbocycles. The Labute approximate surface area is 99.0 Å². The van der Waals surface area contributed by atoms with Crippen LogP contribution in [0.1, 0.15) is 12.0 Å². The Morgan fingerprint density at radius 2 is 2.18 bits per heavy atom. The van der Waals surface area contributed by atoms with Gasteiger partial charge in [0.2, 0.25) is 0 Å². The van der Waals surface area contributed by atoms with Gasteiger partial charge in [-0.1, -0.05) is 12.1 Å². The van der Waals surface area contributed by atoms with Gasteiger partial charge < -0.3 is 15.3 Å². The lowest BCUT2D eigenvalue weighted by atomic mass is 10.2. The Balaban J connectivity index is 1.82. The third-order valence-electron chi connectivity index (χ3n) is 2.81. The molecule has 1 heterocycles. The summed E-state index contributed by atoms with van der Waals surface area (Å²) in [6.45, 7) is 1.33. The van der Waals surface area contributed by atoms with E-state index in [9.17, 15) is 14.3 Å². The predicted octanol–water partition coefficient (Wildman–Crippen LogP) is 1.10. The summed E-state index contributed by atoms with van der Waals surface area (Å²) >= 11 is 0. The molecule has 2 N–H and O–H groups in total. The van der Waals surface area contributed by atoms with Gasteiger partial charge in [-0.15, -0.1) is 0 Å². The second kappa shape index (κ2) is 5.14. The summed E-state index contributed by atoms with van der Waals surface area (Å²) in [7, 11) is 0. The van der Waals surface area contributed by atoms with Crippen LogP contribution >= 0.6 is 0 Å². The Bertz CT molecular complexity index is 394. The fourth-order valence-corrected chi connectivity index (χ4v) is 1.82. The Hall–Kier alpha value is -1.62. The molecule has 1 aliphatic rings. The zero-order valence-electron chi connectivity index (χ0n) is 9.40. The third-order valence-corrected chi connectivity index (χ3v) is 2.81. The van der Waals surface area contributed by atoms with E-state index in [1.165, 1.54) is 12.1 Å². The average Bonchev–Trinajstić information content (AvgIpc) is 2.75. The van der Waals surface area contributed by atoms with E-state index in [-0.39, 0.29) is 11.8 Å². The maximum atomic E-state index is 12.7. The summed E-state index contributed by atoms with van der Waals surface area (Å²) in [4.78, 5) is 13.2. The summed E-state index contributed by atoms with van der Waals surface area (Å²) in [5, 5.41) is 12.0. The molecule has 1 unspecified atom stereocenters. The monoisotopic (exact) mass is 238 g/mol. The fourth-order valence-electron chi connectivity index (χ4n) is 1.82. The maximum Gasteiger partial charge on any atom is 0.317 e. The van der Waals surface area contributed by atoms with Gasteiger partial charge in [-0.05, 0) is 24.1 Å². The van der Waals surface area contributed by atoms with E-state index >= 15 is 0 Å². The van der Waals surface area contributed by atoms with E-state index in [0.29, 0.717) is 26.1 Å². The summed E-state index contributed by atoms with van der Waals surface area (Å²) in [6, 6.07) is 5.80. The lowest BCUT2D eigenvalue weighted by Gasteiger charge is -2.16. The number of aliphatic hydroxyl groups excluding tert-OH is 1. The van der Waals surface area contributed by atoms with Gasteiger partial charge in [-0.3, -0.25) is 0 Å². The van der Waals surface area contributed by atoms with Crippen LogP contribution < -0.4 is 5.32 Å². The van der Waals surface area contributed by atoms with E-state index in [1.807, 2.05) is 0 Å². The largest absolute Gasteiger partial charge is 0.391 e. The van der Waals surface area contributed by atoms with E-state index in [0.717, 1.165) is 5.56 Å². The molecule has 0 radical (unpaired) electrons. The van der Waals surface area contributed by atoms with Gasteiger partial charge in [0, 0.05) is 19.6 Å². The number of benzene rings is 1. The first-order valence-corrected chi connectivity index (χ1v) is 5.60. The minimum absolute atomic E-state index is 0.189. The molecule has 17 heavy (non-hydrogen) atoms. The van der Waals surface area contributed by atoms with Crippen molar-refractivity contribution in [3.05, 3.63) is 35.6 Å². The van der Waals surface area contributed by atoms with E-state index < -0.39 is 6.10 Å². The number of hydrogen-bond acceptors (Lipinski definition) is 2. The van der Waals surface area contributed by atoms with Gasteiger partial charge >= 0.3 is 6.03 Å². The molecule has 4 nitrogen and oxygen atoms in total. The Morgan fingerprint density at radius 1 is 1.47 bits per heavy atom. The second-order valence-corrected chi connectivity index (χ2v) is 4.17. The molecule has 1 fully saturated rings. The molecule has 0 aliphatic carbocycles. The molecule has 0 spiro atoms. The van der Waals surface area contributed by atoms with Crippen LogP contribution in [0.15, 0.2) is 24.3 Å². The highest BCUT2D eigenvalue weighted by atomic mass is 19.1.